The third kappa shape index (κ3) is 5.62. The molecule has 0 radical (unpaired) electrons. The fourth-order valence-corrected chi connectivity index (χ4v) is 4.28. The summed E-state index contributed by atoms with van der Waals surface area (Å²) in [6, 6.07) is 5.90. The van der Waals surface area contributed by atoms with Crippen molar-refractivity contribution in [3.05, 3.63) is 36.2 Å². The first-order valence-corrected chi connectivity index (χ1v) is 11.3. The van der Waals surface area contributed by atoms with Crippen molar-refractivity contribution in [2.24, 2.45) is 5.92 Å². The summed E-state index contributed by atoms with van der Waals surface area (Å²) in [5, 5.41) is 3.09. The molecule has 2 saturated heterocycles. The second-order valence-corrected chi connectivity index (χ2v) is 8.30. The van der Waals surface area contributed by atoms with E-state index in [9.17, 15) is 4.79 Å². The van der Waals surface area contributed by atoms with Gasteiger partial charge in [0.15, 0.2) is 0 Å². The van der Waals surface area contributed by atoms with Crippen LogP contribution >= 0.6 is 0 Å². The van der Waals surface area contributed by atoms with Crippen LogP contribution in [0.25, 0.3) is 0 Å². The summed E-state index contributed by atoms with van der Waals surface area (Å²) in [4.78, 5) is 30.5. The molecule has 166 valence electrons. The minimum atomic E-state index is 0.0196. The summed E-state index contributed by atoms with van der Waals surface area (Å²) in [5.74, 6) is 2.40. The summed E-state index contributed by atoms with van der Waals surface area (Å²) < 4.78 is 5.18. The van der Waals surface area contributed by atoms with Crippen LogP contribution in [0.5, 0.6) is 5.88 Å². The number of piperidine rings is 1. The Hall–Kier alpha value is -2.90. The molecule has 0 aliphatic carbocycles. The Bertz CT molecular complexity index is 843. The molecule has 0 unspecified atom stereocenters. The molecular weight excluding hydrogens is 392 g/mol. The molecule has 2 aromatic rings. The maximum absolute atomic E-state index is 12.7. The molecular formula is C23H32N6O2. The molecule has 8 heteroatoms. The summed E-state index contributed by atoms with van der Waals surface area (Å²) in [6.45, 7) is 4.21. The second kappa shape index (κ2) is 10.4. The SMILES string of the molecule is COc1ccnc(N2CCC(C(=O)NCc3ccc(N4CCCCCC4)nc3)CC2)n1. The molecule has 4 heterocycles. The van der Waals surface area contributed by atoms with E-state index in [1.807, 2.05) is 6.20 Å². The number of methoxy groups -OCH3 is 1. The zero-order valence-electron chi connectivity index (χ0n) is 18.3. The molecule has 2 fully saturated rings. The van der Waals surface area contributed by atoms with E-state index < -0.39 is 0 Å². The van der Waals surface area contributed by atoms with E-state index in [0.717, 1.165) is 50.4 Å². The molecule has 0 saturated carbocycles. The number of carbonyl (C=O) groups is 1. The number of hydrogen-bond donors (Lipinski definition) is 1. The van der Waals surface area contributed by atoms with Crippen molar-refractivity contribution in [2.45, 2.75) is 45.1 Å². The number of nitrogens with zero attached hydrogens (tertiary/aromatic N) is 5. The second-order valence-electron chi connectivity index (χ2n) is 8.30. The van der Waals surface area contributed by atoms with Gasteiger partial charge in [-0.05, 0) is 37.3 Å². The molecule has 0 spiro atoms. The average Bonchev–Trinajstić information content (AvgIpc) is 3.13. The highest BCUT2D eigenvalue weighted by Gasteiger charge is 2.26. The Morgan fingerprint density at radius 2 is 1.81 bits per heavy atom. The molecule has 0 aromatic carbocycles. The van der Waals surface area contributed by atoms with E-state index >= 15 is 0 Å². The minimum Gasteiger partial charge on any atom is -0.481 e. The van der Waals surface area contributed by atoms with Crippen molar-refractivity contribution in [2.75, 3.05) is 43.1 Å². The Morgan fingerprint density at radius 3 is 2.48 bits per heavy atom. The lowest BCUT2D eigenvalue weighted by Gasteiger charge is -2.31. The van der Waals surface area contributed by atoms with E-state index in [-0.39, 0.29) is 11.8 Å². The van der Waals surface area contributed by atoms with Crippen LogP contribution < -0.4 is 19.9 Å². The lowest BCUT2D eigenvalue weighted by Crippen LogP contribution is -2.41. The van der Waals surface area contributed by atoms with E-state index in [1.165, 1.54) is 25.7 Å². The molecule has 1 N–H and O–H groups in total. The first kappa shape index (κ1) is 21.3. The number of pyridine rings is 1. The summed E-state index contributed by atoms with van der Waals surface area (Å²) >= 11 is 0. The topological polar surface area (TPSA) is 83.5 Å². The van der Waals surface area contributed by atoms with Crippen molar-refractivity contribution in [1.82, 2.24) is 20.3 Å². The van der Waals surface area contributed by atoms with Crippen LogP contribution in [-0.2, 0) is 11.3 Å². The molecule has 31 heavy (non-hydrogen) atoms. The van der Waals surface area contributed by atoms with Gasteiger partial charge >= 0.3 is 0 Å². The zero-order chi connectivity index (χ0) is 21.5. The van der Waals surface area contributed by atoms with Gasteiger partial charge in [-0.15, -0.1) is 0 Å². The smallest absolute Gasteiger partial charge is 0.228 e. The van der Waals surface area contributed by atoms with Gasteiger partial charge in [0.05, 0.1) is 7.11 Å². The number of nitrogens with one attached hydrogen (secondary N) is 1. The van der Waals surface area contributed by atoms with E-state index in [0.29, 0.717) is 18.4 Å². The summed E-state index contributed by atoms with van der Waals surface area (Å²) in [7, 11) is 1.60. The van der Waals surface area contributed by atoms with Crippen LogP contribution in [-0.4, -0.2) is 54.1 Å². The van der Waals surface area contributed by atoms with Crippen LogP contribution in [0.4, 0.5) is 11.8 Å². The molecule has 0 bridgehead atoms. The van der Waals surface area contributed by atoms with Gasteiger partial charge in [0, 0.05) is 57.1 Å². The summed E-state index contributed by atoms with van der Waals surface area (Å²) in [6.07, 6.45) is 10.3. The van der Waals surface area contributed by atoms with Crippen molar-refractivity contribution in [1.29, 1.82) is 0 Å². The van der Waals surface area contributed by atoms with Crippen molar-refractivity contribution in [3.8, 4) is 5.88 Å². The number of aromatic nitrogens is 3. The van der Waals surface area contributed by atoms with E-state index in [1.54, 1.807) is 19.4 Å². The number of amides is 1. The van der Waals surface area contributed by atoms with Crippen molar-refractivity contribution < 1.29 is 9.53 Å². The lowest BCUT2D eigenvalue weighted by atomic mass is 9.96. The number of carbonyl (C=O) groups excluding carboxylic acids is 1. The molecule has 2 aliphatic heterocycles. The van der Waals surface area contributed by atoms with Gasteiger partial charge < -0.3 is 19.9 Å². The number of anilines is 2. The number of hydrogen-bond acceptors (Lipinski definition) is 7. The Kier molecular flexibility index (Phi) is 7.17. The fraction of sp³-hybridized carbons (Fsp3) is 0.565. The molecule has 8 nitrogen and oxygen atoms in total. The van der Waals surface area contributed by atoms with Crippen LogP contribution in [0, 0.1) is 5.92 Å². The lowest BCUT2D eigenvalue weighted by molar-refractivity contribution is -0.125. The third-order valence-corrected chi connectivity index (χ3v) is 6.18. The Balaban J connectivity index is 1.24. The van der Waals surface area contributed by atoms with E-state index in [2.05, 4.69) is 42.2 Å². The normalized spacial score (nSPS) is 17.8. The predicted molar refractivity (Wildman–Crippen MR) is 120 cm³/mol. The number of rotatable bonds is 6. The maximum Gasteiger partial charge on any atom is 0.228 e. The molecule has 2 aromatic heterocycles. The molecule has 0 atom stereocenters. The molecule has 4 rings (SSSR count). The van der Waals surface area contributed by atoms with Gasteiger partial charge in [-0.1, -0.05) is 18.9 Å². The van der Waals surface area contributed by atoms with Gasteiger partial charge in [0.25, 0.3) is 0 Å². The fourth-order valence-electron chi connectivity index (χ4n) is 4.28. The standard InChI is InChI=1S/C23H32N6O2/c1-31-21-8-11-24-23(27-21)29-14-9-19(10-15-29)22(30)26-17-18-6-7-20(25-16-18)28-12-4-2-3-5-13-28/h6-8,11,16,19H,2-5,9-10,12-15,17H2,1H3,(H,26,30). The maximum atomic E-state index is 12.7. The quantitative estimate of drug-likeness (QED) is 0.763. The van der Waals surface area contributed by atoms with Crippen LogP contribution in [0.3, 0.4) is 0 Å². The first-order chi connectivity index (χ1) is 15.2. The highest BCUT2D eigenvalue weighted by Crippen LogP contribution is 2.22. The van der Waals surface area contributed by atoms with Crippen LogP contribution in [0.2, 0.25) is 0 Å². The molecule has 1 amide bonds. The van der Waals surface area contributed by atoms with Crippen molar-refractivity contribution >= 4 is 17.7 Å². The van der Waals surface area contributed by atoms with Gasteiger partial charge in [0.2, 0.25) is 17.7 Å². The van der Waals surface area contributed by atoms with Gasteiger partial charge in [-0.2, -0.15) is 4.98 Å². The van der Waals surface area contributed by atoms with Gasteiger partial charge in [0.1, 0.15) is 5.82 Å². The average molecular weight is 425 g/mol. The Morgan fingerprint density at radius 1 is 1.03 bits per heavy atom. The minimum absolute atomic E-state index is 0.0196. The Labute approximate surface area is 184 Å². The zero-order valence-corrected chi connectivity index (χ0v) is 18.3. The monoisotopic (exact) mass is 424 g/mol. The highest BCUT2D eigenvalue weighted by molar-refractivity contribution is 5.78. The largest absolute Gasteiger partial charge is 0.481 e. The third-order valence-electron chi connectivity index (χ3n) is 6.18. The predicted octanol–water partition coefficient (Wildman–Crippen LogP) is 2.79. The van der Waals surface area contributed by atoms with Crippen molar-refractivity contribution in [3.63, 3.8) is 0 Å². The van der Waals surface area contributed by atoms with Crippen LogP contribution in [0.15, 0.2) is 30.6 Å². The van der Waals surface area contributed by atoms with E-state index in [4.69, 9.17) is 4.74 Å². The molecule has 2 aliphatic rings. The summed E-state index contributed by atoms with van der Waals surface area (Å²) in [5.41, 5.74) is 1.04. The first-order valence-electron chi connectivity index (χ1n) is 11.3. The number of ether oxygens (including phenoxy) is 1. The van der Waals surface area contributed by atoms with Gasteiger partial charge in [-0.3, -0.25) is 4.79 Å². The van der Waals surface area contributed by atoms with Gasteiger partial charge in [-0.25, -0.2) is 9.97 Å². The van der Waals surface area contributed by atoms with Crippen LogP contribution in [0.1, 0.15) is 44.1 Å². The highest BCUT2D eigenvalue weighted by atomic mass is 16.5.